The van der Waals surface area contributed by atoms with E-state index in [-0.39, 0.29) is 5.82 Å². The zero-order valence-electron chi connectivity index (χ0n) is 8.68. The zero-order valence-corrected chi connectivity index (χ0v) is 8.68. The third kappa shape index (κ3) is 2.27. The summed E-state index contributed by atoms with van der Waals surface area (Å²) in [4.78, 5) is 0. The van der Waals surface area contributed by atoms with Crippen molar-refractivity contribution in [2.24, 2.45) is 5.41 Å². The molecule has 1 fully saturated rings. The number of hydrogen-bond donors (Lipinski definition) is 1. The van der Waals surface area contributed by atoms with Crippen molar-refractivity contribution >= 4 is 5.69 Å². The molecule has 0 atom stereocenters. The van der Waals surface area contributed by atoms with Crippen LogP contribution in [0.2, 0.25) is 0 Å². The van der Waals surface area contributed by atoms with Gasteiger partial charge in [0.1, 0.15) is 11.9 Å². The Morgan fingerprint density at radius 1 is 1.53 bits per heavy atom. The maximum absolute atomic E-state index is 12.8. The van der Waals surface area contributed by atoms with Crippen LogP contribution < -0.4 is 5.32 Å². The fourth-order valence-electron chi connectivity index (χ4n) is 1.46. The fraction of sp³-hybridized carbons (Fsp3) is 0.417. The van der Waals surface area contributed by atoms with E-state index in [0.29, 0.717) is 11.0 Å². The summed E-state index contributed by atoms with van der Waals surface area (Å²) in [7, 11) is 0. The van der Waals surface area contributed by atoms with E-state index in [2.05, 4.69) is 12.2 Å². The maximum atomic E-state index is 12.8. The van der Waals surface area contributed by atoms with Gasteiger partial charge in [0.2, 0.25) is 0 Å². The Morgan fingerprint density at radius 3 is 2.87 bits per heavy atom. The summed E-state index contributed by atoms with van der Waals surface area (Å²) >= 11 is 0. The SMILES string of the molecule is CC1(CNc2ccc(F)cc2C#N)CC1. The predicted octanol–water partition coefficient (Wildman–Crippen LogP) is 2.91. The van der Waals surface area contributed by atoms with Gasteiger partial charge in [0.25, 0.3) is 0 Å². The Hall–Kier alpha value is -1.56. The van der Waals surface area contributed by atoms with Crippen LogP contribution in [0.15, 0.2) is 18.2 Å². The number of nitrogens with zero attached hydrogens (tertiary/aromatic N) is 1. The second-order valence-corrected chi connectivity index (χ2v) is 4.47. The number of nitrogens with one attached hydrogen (secondary N) is 1. The van der Waals surface area contributed by atoms with E-state index in [1.165, 1.54) is 25.0 Å². The van der Waals surface area contributed by atoms with Gasteiger partial charge in [-0.3, -0.25) is 0 Å². The lowest BCUT2D eigenvalue weighted by molar-refractivity contribution is 0.609. The van der Waals surface area contributed by atoms with Gasteiger partial charge in [0, 0.05) is 6.54 Å². The highest BCUT2D eigenvalue weighted by atomic mass is 19.1. The number of rotatable bonds is 3. The molecule has 15 heavy (non-hydrogen) atoms. The van der Waals surface area contributed by atoms with Crippen molar-refractivity contribution in [1.82, 2.24) is 0 Å². The van der Waals surface area contributed by atoms with Gasteiger partial charge in [-0.2, -0.15) is 5.26 Å². The Labute approximate surface area is 88.7 Å². The van der Waals surface area contributed by atoms with Crippen molar-refractivity contribution < 1.29 is 4.39 Å². The van der Waals surface area contributed by atoms with E-state index >= 15 is 0 Å². The van der Waals surface area contributed by atoms with Crippen LogP contribution in [0.25, 0.3) is 0 Å². The molecule has 1 saturated carbocycles. The maximum Gasteiger partial charge on any atom is 0.124 e. The molecule has 0 aromatic heterocycles. The largest absolute Gasteiger partial charge is 0.383 e. The van der Waals surface area contributed by atoms with Crippen molar-refractivity contribution in [3.05, 3.63) is 29.6 Å². The molecule has 3 heteroatoms. The summed E-state index contributed by atoms with van der Waals surface area (Å²) < 4.78 is 12.8. The second-order valence-electron chi connectivity index (χ2n) is 4.47. The van der Waals surface area contributed by atoms with Gasteiger partial charge in [0.15, 0.2) is 0 Å². The molecule has 1 N–H and O–H groups in total. The standard InChI is InChI=1S/C12H13FN2/c1-12(4-5-12)8-15-11-3-2-10(13)6-9(11)7-14/h2-3,6,15H,4-5,8H2,1H3. The summed E-state index contributed by atoms with van der Waals surface area (Å²) in [6.45, 7) is 3.06. The second kappa shape index (κ2) is 3.54. The summed E-state index contributed by atoms with van der Waals surface area (Å²) in [5.74, 6) is -0.366. The highest BCUT2D eigenvalue weighted by Gasteiger charge is 2.36. The smallest absolute Gasteiger partial charge is 0.124 e. The molecule has 1 aromatic rings. The van der Waals surface area contributed by atoms with Crippen LogP contribution in [0.3, 0.4) is 0 Å². The van der Waals surface area contributed by atoms with Crippen LogP contribution in [0.1, 0.15) is 25.3 Å². The fourth-order valence-corrected chi connectivity index (χ4v) is 1.46. The summed E-state index contributed by atoms with van der Waals surface area (Å²) in [5, 5.41) is 12.0. The molecule has 1 aliphatic rings. The third-order valence-corrected chi connectivity index (χ3v) is 2.91. The van der Waals surface area contributed by atoms with Crippen LogP contribution in [0.5, 0.6) is 0 Å². The van der Waals surface area contributed by atoms with Gasteiger partial charge in [-0.05, 0) is 36.5 Å². The van der Waals surface area contributed by atoms with E-state index in [0.717, 1.165) is 12.2 Å². The molecule has 0 heterocycles. The van der Waals surface area contributed by atoms with Crippen molar-refractivity contribution in [3.8, 4) is 6.07 Å². The molecule has 0 radical (unpaired) electrons. The molecule has 0 unspecified atom stereocenters. The van der Waals surface area contributed by atoms with Crippen LogP contribution in [-0.2, 0) is 0 Å². The molecule has 2 nitrogen and oxygen atoms in total. The first kappa shape index (κ1) is 9.97. The Balaban J connectivity index is 2.10. The lowest BCUT2D eigenvalue weighted by atomic mass is 10.1. The van der Waals surface area contributed by atoms with Gasteiger partial charge in [0.05, 0.1) is 11.3 Å². The average Bonchev–Trinajstić information content (AvgIpc) is 2.95. The minimum Gasteiger partial charge on any atom is -0.383 e. The quantitative estimate of drug-likeness (QED) is 0.821. The predicted molar refractivity (Wildman–Crippen MR) is 56.9 cm³/mol. The topological polar surface area (TPSA) is 35.8 Å². The van der Waals surface area contributed by atoms with Crippen LogP contribution >= 0.6 is 0 Å². The highest BCUT2D eigenvalue weighted by molar-refractivity contribution is 5.57. The van der Waals surface area contributed by atoms with Crippen molar-refractivity contribution in [2.75, 3.05) is 11.9 Å². The molecule has 0 saturated heterocycles. The Kier molecular flexibility index (Phi) is 2.36. The first-order valence-electron chi connectivity index (χ1n) is 5.06. The van der Waals surface area contributed by atoms with Gasteiger partial charge in [-0.15, -0.1) is 0 Å². The molecule has 0 amide bonds. The lowest BCUT2D eigenvalue weighted by Gasteiger charge is -2.12. The van der Waals surface area contributed by atoms with Crippen molar-refractivity contribution in [3.63, 3.8) is 0 Å². The van der Waals surface area contributed by atoms with Crippen LogP contribution in [-0.4, -0.2) is 6.54 Å². The Bertz CT molecular complexity index is 416. The molecular weight excluding hydrogens is 191 g/mol. The average molecular weight is 204 g/mol. The third-order valence-electron chi connectivity index (χ3n) is 2.91. The molecule has 1 aromatic carbocycles. The molecule has 78 valence electrons. The van der Waals surface area contributed by atoms with E-state index in [9.17, 15) is 4.39 Å². The number of benzene rings is 1. The number of hydrogen-bond acceptors (Lipinski definition) is 2. The minimum atomic E-state index is -0.366. The first-order chi connectivity index (χ1) is 7.13. The van der Waals surface area contributed by atoms with Crippen molar-refractivity contribution in [2.45, 2.75) is 19.8 Å². The van der Waals surface area contributed by atoms with E-state index in [4.69, 9.17) is 5.26 Å². The minimum absolute atomic E-state index is 0.366. The monoisotopic (exact) mass is 204 g/mol. The molecule has 2 rings (SSSR count). The molecular formula is C12H13FN2. The van der Waals surface area contributed by atoms with Crippen molar-refractivity contribution in [1.29, 1.82) is 5.26 Å². The van der Waals surface area contributed by atoms with Gasteiger partial charge < -0.3 is 5.32 Å². The van der Waals surface area contributed by atoms with E-state index < -0.39 is 0 Å². The summed E-state index contributed by atoms with van der Waals surface area (Å²) in [6, 6.07) is 6.25. The molecule has 0 spiro atoms. The van der Waals surface area contributed by atoms with Gasteiger partial charge in [-0.1, -0.05) is 6.92 Å². The highest BCUT2D eigenvalue weighted by Crippen LogP contribution is 2.44. The van der Waals surface area contributed by atoms with Crippen LogP contribution in [0.4, 0.5) is 10.1 Å². The van der Waals surface area contributed by atoms with Crippen LogP contribution in [0, 0.1) is 22.6 Å². The van der Waals surface area contributed by atoms with Gasteiger partial charge in [-0.25, -0.2) is 4.39 Å². The molecule has 0 bridgehead atoms. The molecule has 0 aliphatic heterocycles. The summed E-state index contributed by atoms with van der Waals surface area (Å²) in [6.07, 6.45) is 2.45. The normalized spacial score (nSPS) is 16.9. The first-order valence-corrected chi connectivity index (χ1v) is 5.06. The number of halogens is 1. The zero-order chi connectivity index (χ0) is 10.9. The lowest BCUT2D eigenvalue weighted by Crippen LogP contribution is -2.12. The summed E-state index contributed by atoms with van der Waals surface area (Å²) in [5.41, 5.74) is 1.48. The molecule has 1 aliphatic carbocycles. The van der Waals surface area contributed by atoms with E-state index in [1.54, 1.807) is 6.07 Å². The Morgan fingerprint density at radius 2 is 2.27 bits per heavy atom. The number of anilines is 1. The number of nitriles is 1. The van der Waals surface area contributed by atoms with Gasteiger partial charge >= 0.3 is 0 Å². The van der Waals surface area contributed by atoms with E-state index in [1.807, 2.05) is 6.07 Å².